The van der Waals surface area contributed by atoms with Crippen LogP contribution < -0.4 is 0 Å². The van der Waals surface area contributed by atoms with Gasteiger partial charge in [0, 0.05) is 29.1 Å². The Morgan fingerprint density at radius 3 is 2.80 bits per heavy atom. The first-order valence-electron chi connectivity index (χ1n) is 13.7. The molecule has 0 radical (unpaired) electrons. The molecule has 0 spiro atoms. The minimum atomic E-state index is -0.964. The Morgan fingerprint density at radius 2 is 2.05 bits per heavy atom. The van der Waals surface area contributed by atoms with Crippen LogP contribution in [-0.2, 0) is 16.1 Å². The van der Waals surface area contributed by atoms with Gasteiger partial charge in [-0.3, -0.25) is 0 Å². The zero-order chi connectivity index (χ0) is 28.3. The summed E-state index contributed by atoms with van der Waals surface area (Å²) in [5, 5.41) is 26.7. The topological polar surface area (TPSA) is 101 Å². The van der Waals surface area contributed by atoms with Crippen molar-refractivity contribution in [3.8, 4) is 17.3 Å². The molecule has 2 aromatic carbocycles. The Balaban J connectivity index is 1.16. The maximum atomic E-state index is 14.6. The smallest absolute Gasteiger partial charge is 0.151 e. The van der Waals surface area contributed by atoms with Gasteiger partial charge in [0.1, 0.15) is 28.1 Å². The molecule has 0 amide bonds. The van der Waals surface area contributed by atoms with Crippen LogP contribution >= 0.6 is 34.5 Å². The molecule has 3 heterocycles. The van der Waals surface area contributed by atoms with Gasteiger partial charge >= 0.3 is 0 Å². The fourth-order valence-corrected chi connectivity index (χ4v) is 8.18. The van der Waals surface area contributed by atoms with E-state index in [1.807, 2.05) is 6.07 Å². The van der Waals surface area contributed by atoms with E-state index >= 15 is 0 Å². The van der Waals surface area contributed by atoms with Crippen LogP contribution in [0.1, 0.15) is 66.0 Å². The third kappa shape index (κ3) is 4.95. The number of fused-ring (bicyclic) bond motifs is 3. The van der Waals surface area contributed by atoms with Gasteiger partial charge < -0.3 is 19.1 Å². The van der Waals surface area contributed by atoms with Crippen LogP contribution in [0.2, 0.25) is 10.0 Å². The second-order valence-electron chi connectivity index (χ2n) is 11.4. The van der Waals surface area contributed by atoms with Crippen molar-refractivity contribution in [2.24, 2.45) is 11.3 Å². The molecule has 7 rings (SSSR count). The Morgan fingerprint density at radius 1 is 1.24 bits per heavy atom. The molecule has 1 N–H and O–H groups in total. The van der Waals surface area contributed by atoms with Gasteiger partial charge in [-0.05, 0) is 62.3 Å². The summed E-state index contributed by atoms with van der Waals surface area (Å²) >= 11 is 14.3. The van der Waals surface area contributed by atoms with Gasteiger partial charge in [-0.15, -0.1) is 11.3 Å². The number of aromatic nitrogens is 2. The zero-order valence-corrected chi connectivity index (χ0v) is 24.2. The molecule has 2 aliphatic carbocycles. The molecule has 212 valence electrons. The molecule has 4 unspecified atom stereocenters. The standard InChI is InChI=1S/C30H26Cl2FN3O4S/c31-20-2-1-3-21(32)24(20)25-19(27(40-36-25)17-4-5-17)13-39-18-6-16-9-30(10-18,14-38-12-16)28(37)29-35-26-22(33)7-15(11-34)8-23(26)41-29/h1-3,7-8,16-18,28,37H,4-6,9-10,12-14H2. The quantitative estimate of drug-likeness (QED) is 0.229. The van der Waals surface area contributed by atoms with Gasteiger partial charge in [-0.2, -0.15) is 5.26 Å². The third-order valence-electron chi connectivity index (χ3n) is 8.51. The number of benzene rings is 2. The van der Waals surface area contributed by atoms with Crippen molar-refractivity contribution in [2.45, 2.75) is 56.8 Å². The Hall–Kier alpha value is -2.58. The van der Waals surface area contributed by atoms with Crippen molar-refractivity contribution >= 4 is 44.8 Å². The summed E-state index contributed by atoms with van der Waals surface area (Å²) in [5.41, 5.74) is 1.86. The SMILES string of the molecule is N#Cc1cc(F)c2nc(C(O)C34COCC(CC(OCc5c(-c6c(Cl)cccc6Cl)noc5C5CC5)C3)C4)sc2c1. The lowest BCUT2D eigenvalue weighted by atomic mass is 9.64. The lowest BCUT2D eigenvalue weighted by Gasteiger charge is -2.49. The molecule has 7 nitrogen and oxygen atoms in total. The highest BCUT2D eigenvalue weighted by atomic mass is 35.5. The van der Waals surface area contributed by atoms with Crippen molar-refractivity contribution in [1.82, 2.24) is 10.1 Å². The Bertz CT molecular complexity index is 1660. The first-order chi connectivity index (χ1) is 19.8. The summed E-state index contributed by atoms with van der Waals surface area (Å²) < 4.78 is 33.5. The Labute approximate surface area is 249 Å². The Kier molecular flexibility index (Phi) is 7.05. The van der Waals surface area contributed by atoms with Crippen LogP contribution in [0.3, 0.4) is 0 Å². The molecule has 2 bridgehead atoms. The predicted molar refractivity (Wildman–Crippen MR) is 152 cm³/mol. The highest BCUT2D eigenvalue weighted by Gasteiger charge is 2.50. The number of halogens is 3. The number of nitriles is 1. The maximum absolute atomic E-state index is 14.6. The molecule has 2 saturated carbocycles. The van der Waals surface area contributed by atoms with Gasteiger partial charge in [0.15, 0.2) is 5.82 Å². The average Bonchev–Trinajstić information content (AvgIpc) is 3.57. The predicted octanol–water partition coefficient (Wildman–Crippen LogP) is 7.58. The third-order valence-corrected chi connectivity index (χ3v) is 10.2. The van der Waals surface area contributed by atoms with Crippen LogP contribution in [0.5, 0.6) is 0 Å². The first-order valence-corrected chi connectivity index (χ1v) is 15.2. The van der Waals surface area contributed by atoms with Crippen LogP contribution in [0.15, 0.2) is 34.9 Å². The minimum absolute atomic E-state index is 0.153. The van der Waals surface area contributed by atoms with Crippen molar-refractivity contribution < 1.29 is 23.5 Å². The van der Waals surface area contributed by atoms with Gasteiger partial charge in [-0.25, -0.2) is 9.37 Å². The molecule has 1 saturated heterocycles. The second kappa shape index (κ2) is 10.6. The lowest BCUT2D eigenvalue weighted by molar-refractivity contribution is -0.167. The number of thiazole rings is 1. The lowest BCUT2D eigenvalue weighted by Crippen LogP contribution is -2.48. The van der Waals surface area contributed by atoms with E-state index in [0.717, 1.165) is 37.0 Å². The number of hydrogen-bond acceptors (Lipinski definition) is 8. The number of aliphatic hydroxyl groups is 1. The molecule has 2 aromatic heterocycles. The second-order valence-corrected chi connectivity index (χ2v) is 13.3. The fourth-order valence-electron chi connectivity index (χ4n) is 6.45. The molecule has 4 aromatic rings. The fraction of sp³-hybridized carbons (Fsp3) is 0.433. The van der Waals surface area contributed by atoms with Gasteiger partial charge in [-0.1, -0.05) is 34.4 Å². The molecule has 1 aliphatic heterocycles. The zero-order valence-electron chi connectivity index (χ0n) is 21.9. The summed E-state index contributed by atoms with van der Waals surface area (Å²) in [4.78, 5) is 4.46. The summed E-state index contributed by atoms with van der Waals surface area (Å²) in [7, 11) is 0. The van der Waals surface area contributed by atoms with E-state index in [4.69, 9.17) is 37.2 Å². The van der Waals surface area contributed by atoms with Crippen LogP contribution in [0, 0.1) is 28.5 Å². The van der Waals surface area contributed by atoms with Crippen LogP contribution in [0.25, 0.3) is 21.5 Å². The van der Waals surface area contributed by atoms with Crippen molar-refractivity contribution in [3.05, 3.63) is 68.1 Å². The monoisotopic (exact) mass is 613 g/mol. The van der Waals surface area contributed by atoms with E-state index in [2.05, 4.69) is 10.1 Å². The largest absolute Gasteiger partial charge is 0.385 e. The van der Waals surface area contributed by atoms with Crippen molar-refractivity contribution in [3.63, 3.8) is 0 Å². The number of hydrogen-bond donors (Lipinski definition) is 1. The molecular weight excluding hydrogens is 588 g/mol. The van der Waals surface area contributed by atoms with E-state index in [9.17, 15) is 14.8 Å². The molecule has 4 atom stereocenters. The molecule has 41 heavy (non-hydrogen) atoms. The van der Waals surface area contributed by atoms with E-state index in [1.54, 1.807) is 24.3 Å². The van der Waals surface area contributed by atoms with E-state index in [1.165, 1.54) is 17.4 Å². The number of rotatable bonds is 7. The average molecular weight is 615 g/mol. The van der Waals surface area contributed by atoms with Crippen molar-refractivity contribution in [2.75, 3.05) is 13.2 Å². The number of aliphatic hydroxyl groups excluding tert-OH is 1. The highest BCUT2D eigenvalue weighted by molar-refractivity contribution is 7.18. The van der Waals surface area contributed by atoms with Gasteiger partial charge in [0.25, 0.3) is 0 Å². The van der Waals surface area contributed by atoms with E-state index in [0.29, 0.717) is 56.6 Å². The minimum Gasteiger partial charge on any atom is -0.385 e. The number of nitrogens with zero attached hydrogens (tertiary/aromatic N) is 3. The molecule has 3 aliphatic rings. The summed E-state index contributed by atoms with van der Waals surface area (Å²) in [5.74, 6) is 0.766. The van der Waals surface area contributed by atoms with Crippen molar-refractivity contribution in [1.29, 1.82) is 5.26 Å². The highest BCUT2D eigenvalue weighted by Crippen LogP contribution is 2.53. The van der Waals surface area contributed by atoms with E-state index in [-0.39, 0.29) is 29.7 Å². The summed E-state index contributed by atoms with van der Waals surface area (Å²) in [6, 6.07) is 10.1. The van der Waals surface area contributed by atoms with Gasteiger partial charge in [0.2, 0.25) is 0 Å². The number of ether oxygens (including phenoxy) is 2. The summed E-state index contributed by atoms with van der Waals surface area (Å²) in [6.45, 7) is 1.22. The maximum Gasteiger partial charge on any atom is 0.151 e. The normalized spacial score (nSPS) is 24.9. The van der Waals surface area contributed by atoms with Crippen LogP contribution in [0.4, 0.5) is 4.39 Å². The summed E-state index contributed by atoms with van der Waals surface area (Å²) in [6.07, 6.45) is 3.06. The molecular formula is C30H26Cl2FN3O4S. The van der Waals surface area contributed by atoms with Crippen LogP contribution in [-0.4, -0.2) is 34.6 Å². The first kappa shape index (κ1) is 27.3. The molecule has 11 heteroatoms. The molecule has 3 fully saturated rings. The van der Waals surface area contributed by atoms with Gasteiger partial charge in [0.05, 0.1) is 45.7 Å². The van der Waals surface area contributed by atoms with E-state index < -0.39 is 17.3 Å².